The van der Waals surface area contributed by atoms with Crippen molar-refractivity contribution in [1.82, 2.24) is 19.5 Å². The second-order valence-corrected chi connectivity index (χ2v) is 11.4. The predicted molar refractivity (Wildman–Crippen MR) is 172 cm³/mol. The highest BCUT2D eigenvalue weighted by Gasteiger charge is 2.55. The number of aromatic amines is 1. The minimum Gasteiger partial charge on any atom is -0.455 e. The van der Waals surface area contributed by atoms with E-state index < -0.39 is 54.1 Å². The number of benzene rings is 4. The first-order valence-electron chi connectivity index (χ1n) is 14.8. The molecule has 7 rings (SSSR count). The van der Waals surface area contributed by atoms with E-state index in [9.17, 15) is 19.2 Å². The maximum atomic E-state index is 12.6. The summed E-state index contributed by atoms with van der Waals surface area (Å²) < 4.78 is 25.1. The molecule has 0 amide bonds. The number of anilines is 1. The number of carbonyl (C=O) groups is 3. The van der Waals surface area contributed by atoms with Gasteiger partial charge in [-0.15, -0.1) is 0 Å². The van der Waals surface area contributed by atoms with Crippen molar-refractivity contribution in [2.24, 2.45) is 0 Å². The molecule has 1 saturated heterocycles. The van der Waals surface area contributed by atoms with Crippen LogP contribution in [0.2, 0.25) is 0 Å². The van der Waals surface area contributed by atoms with Gasteiger partial charge in [0.15, 0.2) is 35.7 Å². The van der Waals surface area contributed by atoms with Gasteiger partial charge >= 0.3 is 17.9 Å². The Morgan fingerprint density at radius 1 is 0.915 bits per heavy atom. The quantitative estimate of drug-likeness (QED) is 0.147. The van der Waals surface area contributed by atoms with Gasteiger partial charge in [0.2, 0.25) is 5.95 Å². The summed E-state index contributed by atoms with van der Waals surface area (Å²) in [6.45, 7) is 7.99. The Morgan fingerprint density at radius 3 is 2.23 bits per heavy atom. The molecule has 2 aromatic heterocycles. The Kier molecular flexibility index (Phi) is 7.12. The van der Waals surface area contributed by atoms with Gasteiger partial charge in [0.05, 0.1) is 6.33 Å². The number of nitrogen functional groups attached to an aromatic ring is 1. The first-order chi connectivity index (χ1) is 22.5. The van der Waals surface area contributed by atoms with Crippen molar-refractivity contribution >= 4 is 72.9 Å². The molecule has 0 radical (unpaired) electrons. The molecule has 0 aliphatic carbocycles. The van der Waals surface area contributed by atoms with E-state index in [2.05, 4.69) is 27.6 Å². The minimum absolute atomic E-state index is 0.0327. The number of carbonyl (C=O) groups excluding carboxylic acids is 3. The van der Waals surface area contributed by atoms with Crippen LogP contribution in [0.1, 0.15) is 32.6 Å². The van der Waals surface area contributed by atoms with E-state index in [-0.39, 0.29) is 17.1 Å². The molecular formula is C34H29N5O8. The summed E-state index contributed by atoms with van der Waals surface area (Å²) in [6.07, 6.45) is -5.00. The van der Waals surface area contributed by atoms with Crippen LogP contribution in [0.25, 0.3) is 49.1 Å². The molecule has 0 spiro atoms. The molecule has 3 N–H and O–H groups in total. The smallest absolute Gasteiger partial charge is 0.303 e. The Hall–Kier alpha value is -5.82. The second kappa shape index (κ2) is 11.2. The molecule has 3 heterocycles. The number of aromatic nitrogens is 4. The first-order valence-corrected chi connectivity index (χ1v) is 14.8. The maximum absolute atomic E-state index is 12.6. The molecule has 0 saturated carbocycles. The van der Waals surface area contributed by atoms with Gasteiger partial charge in [0, 0.05) is 20.8 Å². The fourth-order valence-electron chi connectivity index (χ4n) is 6.59. The number of fused-ring (bicyclic) bond motifs is 1. The Labute approximate surface area is 266 Å². The van der Waals surface area contributed by atoms with E-state index in [0.717, 1.165) is 32.3 Å². The van der Waals surface area contributed by atoms with Crippen molar-refractivity contribution in [3.8, 4) is 0 Å². The zero-order valence-corrected chi connectivity index (χ0v) is 25.6. The number of nitrogens with zero attached hydrogens (tertiary/aromatic N) is 3. The monoisotopic (exact) mass is 635 g/mol. The van der Waals surface area contributed by atoms with Crippen LogP contribution in [0.4, 0.5) is 5.95 Å². The zero-order valence-electron chi connectivity index (χ0n) is 25.6. The van der Waals surface area contributed by atoms with Crippen molar-refractivity contribution in [2.45, 2.75) is 51.4 Å². The Balaban J connectivity index is 1.38. The van der Waals surface area contributed by atoms with E-state index in [1.807, 2.05) is 48.5 Å². The maximum Gasteiger partial charge on any atom is 0.303 e. The molecule has 1 fully saturated rings. The van der Waals surface area contributed by atoms with Gasteiger partial charge in [-0.3, -0.25) is 28.7 Å². The summed E-state index contributed by atoms with van der Waals surface area (Å²) in [7, 11) is 0. The molecule has 13 heteroatoms. The van der Waals surface area contributed by atoms with Crippen molar-refractivity contribution in [3.05, 3.63) is 83.4 Å². The minimum atomic E-state index is -1.29. The SMILES string of the molecule is C=C(c1ccc2ccc3cccc4ccc1c2c34)C(OC(C)=O)[C@H]1O[C@@H](n2cnc3c(=O)[nH]c(N)nc32)[C@H](OC(C)=O)[C@@H]1OC(C)=O. The number of esters is 3. The van der Waals surface area contributed by atoms with Crippen LogP contribution in [0.5, 0.6) is 0 Å². The van der Waals surface area contributed by atoms with Crippen molar-refractivity contribution < 1.29 is 33.3 Å². The molecule has 0 bridgehead atoms. The molecule has 47 heavy (non-hydrogen) atoms. The number of nitrogens with one attached hydrogen (secondary N) is 1. The third-order valence-corrected chi connectivity index (χ3v) is 8.36. The van der Waals surface area contributed by atoms with Gasteiger partial charge in [-0.25, -0.2) is 4.98 Å². The fourth-order valence-corrected chi connectivity index (χ4v) is 6.59. The molecule has 1 aliphatic rings. The van der Waals surface area contributed by atoms with Gasteiger partial charge < -0.3 is 24.7 Å². The summed E-state index contributed by atoms with van der Waals surface area (Å²) in [5.41, 5.74) is 6.24. The first kappa shape index (κ1) is 29.9. The number of nitrogens with two attached hydrogens (primary N) is 1. The number of H-pyrrole nitrogens is 1. The van der Waals surface area contributed by atoms with Crippen LogP contribution < -0.4 is 11.3 Å². The number of ether oxygens (including phenoxy) is 4. The van der Waals surface area contributed by atoms with Gasteiger partial charge in [-0.1, -0.05) is 61.2 Å². The number of imidazole rings is 1. The van der Waals surface area contributed by atoms with E-state index >= 15 is 0 Å². The lowest BCUT2D eigenvalue weighted by Crippen LogP contribution is -2.45. The average Bonchev–Trinajstić information content (AvgIpc) is 3.59. The lowest BCUT2D eigenvalue weighted by Gasteiger charge is -2.30. The van der Waals surface area contributed by atoms with Crippen LogP contribution in [0.3, 0.4) is 0 Å². The van der Waals surface area contributed by atoms with Crippen molar-refractivity contribution in [2.75, 3.05) is 5.73 Å². The lowest BCUT2D eigenvalue weighted by molar-refractivity contribution is -0.167. The Bertz CT molecular complexity index is 2290. The van der Waals surface area contributed by atoms with Gasteiger partial charge in [-0.05, 0) is 43.5 Å². The van der Waals surface area contributed by atoms with Crippen LogP contribution in [0, 0.1) is 0 Å². The van der Waals surface area contributed by atoms with E-state index in [1.165, 1.54) is 31.7 Å². The average molecular weight is 636 g/mol. The van der Waals surface area contributed by atoms with Crippen LogP contribution >= 0.6 is 0 Å². The fraction of sp³-hybridized carbons (Fsp3) is 0.235. The van der Waals surface area contributed by atoms with Gasteiger partial charge in [0.25, 0.3) is 5.56 Å². The predicted octanol–water partition coefficient (Wildman–Crippen LogP) is 4.01. The normalized spacial score (nSPS) is 20.1. The topological polar surface area (TPSA) is 178 Å². The Morgan fingerprint density at radius 2 is 1.55 bits per heavy atom. The summed E-state index contributed by atoms with van der Waals surface area (Å²) in [4.78, 5) is 60.8. The van der Waals surface area contributed by atoms with E-state index in [1.54, 1.807) is 0 Å². The van der Waals surface area contributed by atoms with Crippen molar-refractivity contribution in [1.29, 1.82) is 0 Å². The molecule has 6 aromatic rings. The second-order valence-electron chi connectivity index (χ2n) is 11.4. The highest BCUT2D eigenvalue weighted by atomic mass is 16.7. The highest BCUT2D eigenvalue weighted by molar-refractivity contribution is 6.24. The van der Waals surface area contributed by atoms with E-state index in [4.69, 9.17) is 24.7 Å². The molecule has 13 nitrogen and oxygen atoms in total. The largest absolute Gasteiger partial charge is 0.455 e. The molecule has 5 atom stereocenters. The highest BCUT2D eigenvalue weighted by Crippen LogP contribution is 2.43. The third-order valence-electron chi connectivity index (χ3n) is 8.36. The molecule has 238 valence electrons. The molecule has 1 unspecified atom stereocenters. The standard InChI is InChI=1S/C34H29N5O8/c1-15(22-12-10-21-9-8-19-6-5-7-20-11-13-23(22)25(21)24(19)20)27(44-16(2)40)28-29(45-17(3)41)30(46-18(4)42)33(47-28)39-14-36-26-31(39)37-34(35)38-32(26)43/h5-14,27-30,33H,1H2,2-4H3,(H3,35,37,38,43)/t27?,28-,29-,30-,33-/m1/s1. The van der Waals surface area contributed by atoms with Crippen molar-refractivity contribution in [3.63, 3.8) is 0 Å². The van der Waals surface area contributed by atoms with Crippen LogP contribution in [-0.4, -0.2) is 61.8 Å². The number of hydrogen-bond donors (Lipinski definition) is 2. The summed E-state index contributed by atoms with van der Waals surface area (Å²) in [5.74, 6) is -2.24. The summed E-state index contributed by atoms with van der Waals surface area (Å²) in [6, 6.07) is 18.1. The molecular weight excluding hydrogens is 606 g/mol. The number of rotatable bonds is 7. The molecule has 4 aromatic carbocycles. The summed E-state index contributed by atoms with van der Waals surface area (Å²) >= 11 is 0. The summed E-state index contributed by atoms with van der Waals surface area (Å²) in [5, 5.41) is 6.12. The number of hydrogen-bond acceptors (Lipinski definition) is 11. The zero-order chi connectivity index (χ0) is 33.1. The van der Waals surface area contributed by atoms with Crippen LogP contribution in [-0.2, 0) is 33.3 Å². The van der Waals surface area contributed by atoms with E-state index in [0.29, 0.717) is 11.1 Å². The molecule has 1 aliphatic heterocycles. The van der Waals surface area contributed by atoms with Gasteiger partial charge in [0.1, 0.15) is 6.10 Å². The third kappa shape index (κ3) is 5.00. The van der Waals surface area contributed by atoms with Gasteiger partial charge in [-0.2, -0.15) is 4.98 Å². The lowest BCUT2D eigenvalue weighted by atomic mass is 9.87. The van der Waals surface area contributed by atoms with Crippen LogP contribution in [0.15, 0.2) is 72.3 Å².